The van der Waals surface area contributed by atoms with Gasteiger partial charge in [-0.25, -0.2) is 4.98 Å². The first-order valence-corrected chi connectivity index (χ1v) is 7.12. The average molecular weight is 260 g/mol. The number of aromatic amines is 1. The monoisotopic (exact) mass is 260 g/mol. The highest BCUT2D eigenvalue weighted by molar-refractivity contribution is 5.78. The van der Waals surface area contributed by atoms with Gasteiger partial charge in [-0.2, -0.15) is 0 Å². The van der Waals surface area contributed by atoms with Gasteiger partial charge in [-0.15, -0.1) is 0 Å². The fourth-order valence-electron chi connectivity index (χ4n) is 2.56. The summed E-state index contributed by atoms with van der Waals surface area (Å²) in [6, 6.07) is 20.9. The van der Waals surface area contributed by atoms with Crippen LogP contribution in [0.15, 0.2) is 60.7 Å². The minimum atomic E-state index is 0.634. The molecule has 0 amide bonds. The van der Waals surface area contributed by atoms with E-state index in [9.17, 15) is 0 Å². The van der Waals surface area contributed by atoms with Crippen LogP contribution in [0.3, 0.4) is 0 Å². The lowest BCUT2D eigenvalue weighted by atomic mass is 10.1. The summed E-state index contributed by atoms with van der Waals surface area (Å²) < 4.78 is 0. The zero-order chi connectivity index (χ0) is 13.4. The molecule has 4 rings (SSSR count). The van der Waals surface area contributed by atoms with Crippen molar-refractivity contribution in [1.82, 2.24) is 9.97 Å². The molecule has 1 aromatic heterocycles. The molecule has 0 radical (unpaired) electrons. The van der Waals surface area contributed by atoms with Crippen LogP contribution < -0.4 is 0 Å². The number of nitrogens with one attached hydrogen (secondary N) is 1. The number of benzene rings is 2. The van der Waals surface area contributed by atoms with Gasteiger partial charge in [0.25, 0.3) is 0 Å². The molecule has 0 aliphatic heterocycles. The maximum atomic E-state index is 4.86. The number of nitrogens with zero attached hydrogens (tertiary/aromatic N) is 1. The van der Waals surface area contributed by atoms with Gasteiger partial charge in [-0.05, 0) is 12.8 Å². The number of imidazole rings is 1. The SMILES string of the molecule is c1ccc(-c2nc(C3CC3)[nH]c2-c2ccccc2)cc1. The highest BCUT2D eigenvalue weighted by Gasteiger charge is 2.28. The van der Waals surface area contributed by atoms with Crippen LogP contribution in [0.5, 0.6) is 0 Å². The fraction of sp³-hybridized carbons (Fsp3) is 0.167. The van der Waals surface area contributed by atoms with E-state index in [1.807, 2.05) is 12.1 Å². The number of rotatable bonds is 3. The number of aromatic nitrogens is 2. The third kappa shape index (κ3) is 2.03. The van der Waals surface area contributed by atoms with Crippen molar-refractivity contribution in [3.05, 3.63) is 66.5 Å². The number of hydrogen-bond acceptors (Lipinski definition) is 1. The summed E-state index contributed by atoms with van der Waals surface area (Å²) in [4.78, 5) is 8.41. The Bertz CT molecular complexity index is 653. The second-order valence-electron chi connectivity index (χ2n) is 5.35. The average Bonchev–Trinajstić information content (AvgIpc) is 3.28. The highest BCUT2D eigenvalue weighted by atomic mass is 15.0. The molecule has 1 aliphatic carbocycles. The fourth-order valence-corrected chi connectivity index (χ4v) is 2.56. The Kier molecular flexibility index (Phi) is 2.66. The second-order valence-corrected chi connectivity index (χ2v) is 5.35. The molecule has 2 nitrogen and oxygen atoms in total. The van der Waals surface area contributed by atoms with Gasteiger partial charge in [0.2, 0.25) is 0 Å². The lowest BCUT2D eigenvalue weighted by Crippen LogP contribution is -1.82. The first-order chi connectivity index (χ1) is 9.92. The van der Waals surface area contributed by atoms with Crippen LogP contribution in [0, 0.1) is 0 Å². The van der Waals surface area contributed by atoms with Crippen LogP contribution in [-0.4, -0.2) is 9.97 Å². The molecule has 1 fully saturated rings. The molecule has 0 atom stereocenters. The molecule has 0 spiro atoms. The molecule has 20 heavy (non-hydrogen) atoms. The second kappa shape index (κ2) is 4.64. The first-order valence-electron chi connectivity index (χ1n) is 7.12. The van der Waals surface area contributed by atoms with E-state index in [2.05, 4.69) is 53.5 Å². The van der Waals surface area contributed by atoms with Crippen molar-refractivity contribution in [1.29, 1.82) is 0 Å². The van der Waals surface area contributed by atoms with Crippen molar-refractivity contribution < 1.29 is 0 Å². The number of hydrogen-bond donors (Lipinski definition) is 1. The van der Waals surface area contributed by atoms with E-state index in [-0.39, 0.29) is 0 Å². The van der Waals surface area contributed by atoms with E-state index in [0.717, 1.165) is 17.2 Å². The summed E-state index contributed by atoms with van der Waals surface area (Å²) in [5.41, 5.74) is 4.58. The molecule has 0 unspecified atom stereocenters. The Hall–Kier alpha value is -2.35. The Balaban J connectivity index is 1.88. The molecule has 98 valence electrons. The lowest BCUT2D eigenvalue weighted by molar-refractivity contribution is 0.978. The van der Waals surface area contributed by atoms with Gasteiger partial charge in [0.15, 0.2) is 0 Å². The third-order valence-electron chi connectivity index (χ3n) is 3.80. The standard InChI is InChI=1S/C18H16N2/c1-3-7-13(8-4-1)16-17(14-9-5-2-6-10-14)20-18(19-16)15-11-12-15/h1-10,15H,11-12H2,(H,19,20). The minimum absolute atomic E-state index is 0.634. The van der Waals surface area contributed by atoms with Crippen molar-refractivity contribution in [2.24, 2.45) is 0 Å². The Labute approximate surface area is 118 Å². The predicted octanol–water partition coefficient (Wildman–Crippen LogP) is 4.62. The van der Waals surface area contributed by atoms with E-state index < -0.39 is 0 Å². The molecule has 1 saturated carbocycles. The summed E-state index contributed by atoms with van der Waals surface area (Å²) in [5.74, 6) is 1.78. The molecule has 1 N–H and O–H groups in total. The highest BCUT2D eigenvalue weighted by Crippen LogP contribution is 2.41. The van der Waals surface area contributed by atoms with Crippen LogP contribution >= 0.6 is 0 Å². The quantitative estimate of drug-likeness (QED) is 0.731. The normalized spacial score (nSPS) is 14.4. The Morgan fingerprint density at radius 1 is 0.800 bits per heavy atom. The van der Waals surface area contributed by atoms with Crippen molar-refractivity contribution in [2.75, 3.05) is 0 Å². The molecule has 1 heterocycles. The summed E-state index contributed by atoms with van der Waals surface area (Å²) in [5, 5.41) is 0. The zero-order valence-electron chi connectivity index (χ0n) is 11.2. The van der Waals surface area contributed by atoms with Gasteiger partial charge in [-0.3, -0.25) is 0 Å². The van der Waals surface area contributed by atoms with Crippen LogP contribution in [0.1, 0.15) is 24.6 Å². The van der Waals surface area contributed by atoms with Gasteiger partial charge in [0.05, 0.1) is 11.4 Å². The summed E-state index contributed by atoms with van der Waals surface area (Å²) >= 11 is 0. The molecule has 2 heteroatoms. The molecular weight excluding hydrogens is 244 g/mol. The first kappa shape index (κ1) is 11.5. The van der Waals surface area contributed by atoms with Crippen LogP contribution in [-0.2, 0) is 0 Å². The van der Waals surface area contributed by atoms with E-state index in [0.29, 0.717) is 5.92 Å². The molecule has 3 aromatic rings. The van der Waals surface area contributed by atoms with E-state index in [4.69, 9.17) is 4.98 Å². The van der Waals surface area contributed by atoms with Crippen LogP contribution in [0.4, 0.5) is 0 Å². The third-order valence-corrected chi connectivity index (χ3v) is 3.80. The lowest BCUT2D eigenvalue weighted by Gasteiger charge is -2.02. The van der Waals surface area contributed by atoms with E-state index in [1.54, 1.807) is 0 Å². The Morgan fingerprint density at radius 2 is 1.40 bits per heavy atom. The van der Waals surface area contributed by atoms with Gasteiger partial charge in [0, 0.05) is 17.0 Å². The van der Waals surface area contributed by atoms with Crippen LogP contribution in [0.25, 0.3) is 22.5 Å². The molecule has 1 aliphatic rings. The van der Waals surface area contributed by atoms with Gasteiger partial charge in [-0.1, -0.05) is 60.7 Å². The summed E-state index contributed by atoms with van der Waals surface area (Å²) in [6.07, 6.45) is 2.52. The zero-order valence-corrected chi connectivity index (χ0v) is 11.2. The maximum absolute atomic E-state index is 4.86. The minimum Gasteiger partial charge on any atom is -0.341 e. The van der Waals surface area contributed by atoms with Gasteiger partial charge in [0.1, 0.15) is 5.82 Å². The van der Waals surface area contributed by atoms with Crippen molar-refractivity contribution in [3.8, 4) is 22.5 Å². The van der Waals surface area contributed by atoms with Gasteiger partial charge >= 0.3 is 0 Å². The van der Waals surface area contributed by atoms with E-state index in [1.165, 1.54) is 24.0 Å². The Morgan fingerprint density at radius 3 is 2.00 bits per heavy atom. The largest absolute Gasteiger partial charge is 0.341 e. The number of H-pyrrole nitrogens is 1. The molecule has 0 bridgehead atoms. The van der Waals surface area contributed by atoms with E-state index >= 15 is 0 Å². The molecular formula is C18H16N2. The van der Waals surface area contributed by atoms with Crippen molar-refractivity contribution in [3.63, 3.8) is 0 Å². The van der Waals surface area contributed by atoms with Gasteiger partial charge < -0.3 is 4.98 Å². The smallest absolute Gasteiger partial charge is 0.110 e. The van der Waals surface area contributed by atoms with Crippen LogP contribution in [0.2, 0.25) is 0 Å². The summed E-state index contributed by atoms with van der Waals surface area (Å²) in [6.45, 7) is 0. The summed E-state index contributed by atoms with van der Waals surface area (Å²) in [7, 11) is 0. The molecule has 2 aromatic carbocycles. The maximum Gasteiger partial charge on any atom is 0.110 e. The topological polar surface area (TPSA) is 28.7 Å². The predicted molar refractivity (Wildman–Crippen MR) is 81.4 cm³/mol. The van der Waals surface area contributed by atoms with Crippen molar-refractivity contribution >= 4 is 0 Å². The molecule has 0 saturated heterocycles. The van der Waals surface area contributed by atoms with Crippen molar-refractivity contribution in [2.45, 2.75) is 18.8 Å².